The molecule has 4 aromatic heterocycles. The van der Waals surface area contributed by atoms with Gasteiger partial charge >= 0.3 is 18.8 Å². The van der Waals surface area contributed by atoms with E-state index in [0.29, 0.717) is 56.0 Å². The Bertz CT molecular complexity index is 3120. The highest BCUT2D eigenvalue weighted by atomic mass is 32.1. The lowest BCUT2D eigenvalue weighted by Gasteiger charge is -2.22. The molecule has 0 atom stereocenters. The van der Waals surface area contributed by atoms with Gasteiger partial charge in [-0.15, -0.1) is 22.7 Å². The summed E-state index contributed by atoms with van der Waals surface area (Å²) in [5, 5.41) is 11.8. The molecule has 4 N–H and O–H groups in total. The first-order valence-electron chi connectivity index (χ1n) is 21.4. The molecule has 0 aliphatic rings. The standard InChI is InChI=1S/C26H21F3N2O3S.C13H8F2O3S.C13H15FN2O/c1-26(2,21-13-34-25(31-21)15-6-8-18(27)9-7-15)14-30-24(33)17-5-3-4-16(12-17)19-10-11-20(35-19)22(32)23(28)29;14-12(15)11(16)10-5-4-9(19-10)7-2-1-3-8(6-7)13(17)18;1-13(2,8-15)11-7-17-12(16-11)9-3-5-10(14)6-4-9/h3-13,23H,14H2,1-2H3,(H,30,33);1-6,12H,(H,17,18);3-7H,8,15H2,1-2H3. The molecule has 0 aliphatic heterocycles. The fourth-order valence-electron chi connectivity index (χ4n) is 6.30. The zero-order valence-corrected chi connectivity index (χ0v) is 39.9. The number of carbonyl (C=O) groups is 4. The van der Waals surface area contributed by atoms with Crippen LogP contribution in [0.25, 0.3) is 43.8 Å². The summed E-state index contributed by atoms with van der Waals surface area (Å²) in [6.07, 6.45) is -2.97. The van der Waals surface area contributed by atoms with Crippen molar-refractivity contribution in [1.82, 2.24) is 15.3 Å². The summed E-state index contributed by atoms with van der Waals surface area (Å²) >= 11 is 1.88. The Morgan fingerprint density at radius 3 is 1.45 bits per heavy atom. The quantitative estimate of drug-likeness (QED) is 0.0661. The Morgan fingerprint density at radius 2 is 1.03 bits per heavy atom. The predicted octanol–water partition coefficient (Wildman–Crippen LogP) is 12.6. The first kappa shape index (κ1) is 52.9. The fourth-order valence-corrected chi connectivity index (χ4v) is 8.19. The number of carbonyl (C=O) groups excluding carboxylic acids is 3. The van der Waals surface area contributed by atoms with Gasteiger partial charge in [0, 0.05) is 50.4 Å². The second-order valence-corrected chi connectivity index (χ2v) is 19.0. The fraction of sp³-hybridized carbons (Fsp3) is 0.192. The molecule has 8 rings (SSSR count). The number of alkyl halides is 4. The number of nitrogens with two attached hydrogens (primary N) is 1. The molecule has 0 radical (unpaired) electrons. The van der Waals surface area contributed by atoms with Gasteiger partial charge in [0.15, 0.2) is 0 Å². The van der Waals surface area contributed by atoms with Gasteiger partial charge in [0.2, 0.25) is 23.3 Å². The number of benzene rings is 4. The van der Waals surface area contributed by atoms with E-state index < -0.39 is 35.8 Å². The van der Waals surface area contributed by atoms with Crippen LogP contribution in [0, 0.1) is 11.6 Å². The summed E-state index contributed by atoms with van der Waals surface area (Å²) in [6.45, 7) is 8.56. The molecular formula is C52H44F6N4O7S2. The largest absolute Gasteiger partial charge is 0.478 e. The Kier molecular flexibility index (Phi) is 17.1. The first-order chi connectivity index (χ1) is 33.6. The van der Waals surface area contributed by atoms with Gasteiger partial charge in [0.25, 0.3) is 5.91 Å². The monoisotopic (exact) mass is 1010 g/mol. The smallest absolute Gasteiger partial charge is 0.335 e. The summed E-state index contributed by atoms with van der Waals surface area (Å²) in [5.41, 5.74) is 9.44. The average Bonchev–Trinajstić information content (AvgIpc) is 4.22. The van der Waals surface area contributed by atoms with Crippen LogP contribution in [0.3, 0.4) is 0 Å². The van der Waals surface area contributed by atoms with Crippen LogP contribution in [0.2, 0.25) is 0 Å². The number of hydrogen-bond acceptors (Lipinski definition) is 11. The van der Waals surface area contributed by atoms with Crippen molar-refractivity contribution in [2.75, 3.05) is 13.1 Å². The third-order valence-corrected chi connectivity index (χ3v) is 13.0. The Labute approximate surface area is 411 Å². The van der Waals surface area contributed by atoms with Crippen LogP contribution in [-0.4, -0.2) is 64.5 Å². The summed E-state index contributed by atoms with van der Waals surface area (Å²) in [4.78, 5) is 56.3. The zero-order chi connectivity index (χ0) is 51.6. The van der Waals surface area contributed by atoms with Crippen molar-refractivity contribution < 1.29 is 59.5 Å². The number of ketones is 2. The second kappa shape index (κ2) is 23.0. The van der Waals surface area contributed by atoms with E-state index in [1.807, 2.05) is 27.7 Å². The van der Waals surface area contributed by atoms with E-state index in [4.69, 9.17) is 19.7 Å². The van der Waals surface area contributed by atoms with Crippen LogP contribution in [0.15, 0.2) is 143 Å². The highest BCUT2D eigenvalue weighted by Crippen LogP contribution is 2.32. The van der Waals surface area contributed by atoms with Gasteiger partial charge in [-0.3, -0.25) is 14.4 Å². The van der Waals surface area contributed by atoms with Crippen molar-refractivity contribution >= 4 is 46.1 Å². The van der Waals surface area contributed by atoms with E-state index in [1.54, 1.807) is 73.0 Å². The number of halogens is 6. The van der Waals surface area contributed by atoms with Gasteiger partial charge in [-0.2, -0.15) is 0 Å². The lowest BCUT2D eigenvalue weighted by Crippen LogP contribution is -2.36. The van der Waals surface area contributed by atoms with Crippen molar-refractivity contribution in [2.45, 2.75) is 51.4 Å². The molecule has 4 heterocycles. The van der Waals surface area contributed by atoms with Gasteiger partial charge in [-0.25, -0.2) is 41.1 Å². The number of oxazole rings is 2. The van der Waals surface area contributed by atoms with Gasteiger partial charge < -0.3 is 25.0 Å². The summed E-state index contributed by atoms with van der Waals surface area (Å²) in [6, 6.07) is 30.5. The molecule has 4 aromatic carbocycles. The van der Waals surface area contributed by atoms with Crippen molar-refractivity contribution in [3.63, 3.8) is 0 Å². The van der Waals surface area contributed by atoms with Gasteiger partial charge in [0.1, 0.15) is 24.2 Å². The van der Waals surface area contributed by atoms with Crippen LogP contribution in [0.1, 0.15) is 79.1 Å². The van der Waals surface area contributed by atoms with Crippen LogP contribution in [0.5, 0.6) is 0 Å². The number of amides is 1. The lowest BCUT2D eigenvalue weighted by molar-refractivity contribution is 0.0681. The first-order valence-corrected chi connectivity index (χ1v) is 23.0. The van der Waals surface area contributed by atoms with Crippen LogP contribution >= 0.6 is 22.7 Å². The molecule has 0 bridgehead atoms. The summed E-state index contributed by atoms with van der Waals surface area (Å²) < 4.78 is 86.8. The molecule has 0 saturated heterocycles. The van der Waals surface area contributed by atoms with Crippen LogP contribution < -0.4 is 11.1 Å². The summed E-state index contributed by atoms with van der Waals surface area (Å²) in [7, 11) is 0. The highest BCUT2D eigenvalue weighted by Gasteiger charge is 2.27. The molecule has 368 valence electrons. The minimum atomic E-state index is -3.06. The Balaban J connectivity index is 0.000000193. The molecule has 0 unspecified atom stereocenters. The van der Waals surface area contributed by atoms with E-state index in [-0.39, 0.29) is 44.8 Å². The van der Waals surface area contributed by atoms with Crippen molar-refractivity contribution in [1.29, 1.82) is 0 Å². The maximum Gasteiger partial charge on any atom is 0.335 e. The number of rotatable bonds is 15. The van der Waals surface area contributed by atoms with Crippen molar-refractivity contribution in [3.05, 3.63) is 178 Å². The van der Waals surface area contributed by atoms with Crippen LogP contribution in [-0.2, 0) is 10.8 Å². The number of carboxylic acids is 1. The Morgan fingerprint density at radius 1 is 0.606 bits per heavy atom. The molecule has 0 fully saturated rings. The SMILES string of the molecule is CC(C)(CN)c1coc(-c2ccc(F)cc2)n1.CC(C)(CNC(=O)c1cccc(-c2ccc(C(=O)C(F)F)s2)c1)c1coc(-c2ccc(F)cc2)n1.O=C(O)c1cccc(-c2ccc(C(=O)C(F)F)s2)c1. The lowest BCUT2D eigenvalue weighted by atomic mass is 9.90. The van der Waals surface area contributed by atoms with E-state index in [2.05, 4.69) is 15.3 Å². The minimum absolute atomic E-state index is 0.0285. The van der Waals surface area contributed by atoms with E-state index in [1.165, 1.54) is 60.9 Å². The van der Waals surface area contributed by atoms with Gasteiger partial charge in [-0.1, -0.05) is 52.0 Å². The number of aromatic carboxylic acids is 1. The average molecular weight is 1020 g/mol. The molecule has 0 saturated carbocycles. The molecule has 71 heavy (non-hydrogen) atoms. The summed E-state index contributed by atoms with van der Waals surface area (Å²) in [5.74, 6) is -3.60. The maximum absolute atomic E-state index is 13.2. The van der Waals surface area contributed by atoms with Crippen molar-refractivity contribution in [2.24, 2.45) is 5.73 Å². The molecule has 0 spiro atoms. The number of nitrogens with one attached hydrogen (secondary N) is 1. The predicted molar refractivity (Wildman–Crippen MR) is 258 cm³/mol. The van der Waals surface area contributed by atoms with Crippen LogP contribution in [0.4, 0.5) is 26.3 Å². The van der Waals surface area contributed by atoms with E-state index >= 15 is 0 Å². The molecule has 19 heteroatoms. The normalized spacial score (nSPS) is 11.4. The van der Waals surface area contributed by atoms with Gasteiger partial charge in [-0.05, 0) is 108 Å². The molecule has 0 aliphatic carbocycles. The highest BCUT2D eigenvalue weighted by molar-refractivity contribution is 7.17. The molecule has 11 nitrogen and oxygen atoms in total. The number of carboxylic acid groups (broad SMARTS) is 1. The van der Waals surface area contributed by atoms with E-state index in [0.717, 1.165) is 33.9 Å². The number of hydrogen-bond donors (Lipinski definition) is 3. The van der Waals surface area contributed by atoms with E-state index in [9.17, 15) is 45.5 Å². The van der Waals surface area contributed by atoms with Crippen molar-refractivity contribution in [3.8, 4) is 43.8 Å². The topological polar surface area (TPSA) is 179 Å². The maximum atomic E-state index is 13.2. The zero-order valence-electron chi connectivity index (χ0n) is 38.2. The number of Topliss-reactive ketones (excluding diaryl/α,β-unsaturated/α-hetero) is 2. The minimum Gasteiger partial charge on any atom is -0.478 e. The third-order valence-electron chi connectivity index (χ3n) is 10.7. The molecular weight excluding hydrogens is 971 g/mol. The number of aromatic nitrogens is 2. The number of nitrogens with zero attached hydrogens (tertiary/aromatic N) is 2. The Hall–Kier alpha value is -7.48. The molecule has 1 amide bonds. The third kappa shape index (κ3) is 13.7. The second-order valence-electron chi connectivity index (χ2n) is 16.9. The van der Waals surface area contributed by atoms with Gasteiger partial charge in [0.05, 0.1) is 26.7 Å². The molecule has 8 aromatic rings. The number of thiophene rings is 2.